The highest BCUT2D eigenvalue weighted by Crippen LogP contribution is 2.43. The number of carbonyl (C=O) groups is 2. The summed E-state index contributed by atoms with van der Waals surface area (Å²) in [5.74, 6) is -0.756. The van der Waals surface area contributed by atoms with E-state index in [1.807, 2.05) is 78.9 Å². The van der Waals surface area contributed by atoms with Crippen molar-refractivity contribution in [3.8, 4) is 0 Å². The summed E-state index contributed by atoms with van der Waals surface area (Å²) in [5.41, 5.74) is 3.63. The van der Waals surface area contributed by atoms with E-state index in [2.05, 4.69) is 9.97 Å². The third-order valence-electron chi connectivity index (χ3n) is 5.48. The van der Waals surface area contributed by atoms with Crippen LogP contribution in [0.25, 0.3) is 22.2 Å². The molecule has 5 aromatic rings. The first-order valence-corrected chi connectivity index (χ1v) is 12.5. The number of nitrogens with zero attached hydrogens (tertiary/aromatic N) is 3. The zero-order valence-electron chi connectivity index (χ0n) is 18.2. The average Bonchev–Trinajstić information content (AvgIpc) is 3.54. The van der Waals surface area contributed by atoms with E-state index in [4.69, 9.17) is 8.83 Å². The summed E-state index contributed by atoms with van der Waals surface area (Å²) >= 11 is 2.10. The molecule has 7 nitrogen and oxygen atoms in total. The molecule has 0 fully saturated rings. The van der Waals surface area contributed by atoms with Gasteiger partial charge in [-0.05, 0) is 59.8 Å². The van der Waals surface area contributed by atoms with E-state index in [1.54, 1.807) is 0 Å². The standard InChI is InChI=1S/C26H17N3O4S2/c30-23-21(34-25-27-17-10-4-6-12-19(17)32-25)22(35-26-28-18-11-5-7-13-20(18)33-26)24(31)29(23)15-14-16-8-2-1-3-9-16/h1-13H,14-15H2. The van der Waals surface area contributed by atoms with E-state index >= 15 is 0 Å². The highest BCUT2D eigenvalue weighted by molar-refractivity contribution is 8.07. The van der Waals surface area contributed by atoms with Crippen LogP contribution >= 0.6 is 23.5 Å². The molecule has 1 aliphatic heterocycles. The maximum Gasteiger partial charge on any atom is 0.269 e. The molecule has 0 spiro atoms. The molecule has 0 atom stereocenters. The van der Waals surface area contributed by atoms with Gasteiger partial charge in [-0.2, -0.15) is 0 Å². The molecule has 2 amide bonds. The van der Waals surface area contributed by atoms with Gasteiger partial charge in [0.1, 0.15) is 20.8 Å². The number of hydrogen-bond donors (Lipinski definition) is 0. The molecular formula is C26H17N3O4S2. The molecule has 1 aliphatic rings. The third kappa shape index (κ3) is 4.24. The largest absolute Gasteiger partial charge is 0.431 e. The molecule has 6 rings (SSSR count). The van der Waals surface area contributed by atoms with Crippen LogP contribution in [-0.2, 0) is 16.0 Å². The molecule has 0 saturated carbocycles. The smallest absolute Gasteiger partial charge is 0.269 e. The van der Waals surface area contributed by atoms with Gasteiger partial charge in [0.25, 0.3) is 22.3 Å². The Bertz CT molecular complexity index is 1440. The lowest BCUT2D eigenvalue weighted by Gasteiger charge is -2.14. The Labute approximate surface area is 208 Å². The van der Waals surface area contributed by atoms with Crippen LogP contribution in [0.3, 0.4) is 0 Å². The number of carbonyl (C=O) groups excluding carboxylic acids is 2. The molecule has 172 valence electrons. The fourth-order valence-corrected chi connectivity index (χ4v) is 5.67. The Morgan fingerprint density at radius 3 is 1.66 bits per heavy atom. The van der Waals surface area contributed by atoms with Crippen LogP contribution in [0.1, 0.15) is 5.56 Å². The summed E-state index contributed by atoms with van der Waals surface area (Å²) in [7, 11) is 0. The van der Waals surface area contributed by atoms with Crippen LogP contribution in [0, 0.1) is 0 Å². The Kier molecular flexibility index (Phi) is 5.63. The van der Waals surface area contributed by atoms with Gasteiger partial charge in [0.2, 0.25) is 0 Å². The van der Waals surface area contributed by atoms with Gasteiger partial charge in [0, 0.05) is 6.54 Å². The lowest BCUT2D eigenvalue weighted by Crippen LogP contribution is -2.33. The number of para-hydroxylation sites is 4. The topological polar surface area (TPSA) is 89.4 Å². The highest BCUT2D eigenvalue weighted by atomic mass is 32.2. The second kappa shape index (κ2) is 9.09. The zero-order chi connectivity index (χ0) is 23.8. The van der Waals surface area contributed by atoms with Gasteiger partial charge in [0.15, 0.2) is 11.2 Å². The van der Waals surface area contributed by atoms with Gasteiger partial charge in [0.05, 0.1) is 0 Å². The Morgan fingerprint density at radius 2 is 1.14 bits per heavy atom. The van der Waals surface area contributed by atoms with Gasteiger partial charge in [-0.1, -0.05) is 54.6 Å². The van der Waals surface area contributed by atoms with Crippen molar-refractivity contribution in [2.45, 2.75) is 16.9 Å². The number of oxazole rings is 2. The fraction of sp³-hybridized carbons (Fsp3) is 0.0769. The van der Waals surface area contributed by atoms with Gasteiger partial charge in [-0.25, -0.2) is 9.97 Å². The SMILES string of the molecule is O=C1C(Sc2nc3ccccc3o2)=C(Sc2nc3ccccc3o2)C(=O)N1CCc1ccccc1. The predicted octanol–water partition coefficient (Wildman–Crippen LogP) is 5.68. The lowest BCUT2D eigenvalue weighted by molar-refractivity contribution is -0.136. The predicted molar refractivity (Wildman–Crippen MR) is 134 cm³/mol. The Morgan fingerprint density at radius 1 is 0.657 bits per heavy atom. The van der Waals surface area contributed by atoms with E-state index < -0.39 is 0 Å². The summed E-state index contributed by atoms with van der Waals surface area (Å²) in [6, 6.07) is 24.5. The number of amides is 2. The number of rotatable bonds is 7. The van der Waals surface area contributed by atoms with Crippen molar-refractivity contribution >= 4 is 57.5 Å². The molecule has 3 aromatic carbocycles. The monoisotopic (exact) mass is 499 g/mol. The molecule has 0 radical (unpaired) electrons. The normalized spacial score (nSPS) is 14.1. The van der Waals surface area contributed by atoms with Crippen molar-refractivity contribution in [2.24, 2.45) is 0 Å². The van der Waals surface area contributed by atoms with Gasteiger partial charge >= 0.3 is 0 Å². The number of hydrogen-bond acceptors (Lipinski definition) is 8. The quantitative estimate of drug-likeness (QED) is 0.264. The van der Waals surface area contributed by atoms with Crippen LogP contribution in [0.4, 0.5) is 0 Å². The number of benzene rings is 3. The van der Waals surface area contributed by atoms with Crippen molar-refractivity contribution in [3.63, 3.8) is 0 Å². The highest BCUT2D eigenvalue weighted by Gasteiger charge is 2.40. The molecular weight excluding hydrogens is 482 g/mol. The fourth-order valence-electron chi connectivity index (χ4n) is 3.76. The van der Waals surface area contributed by atoms with Crippen LogP contribution in [0.5, 0.6) is 0 Å². The second-order valence-corrected chi connectivity index (χ2v) is 9.68. The minimum atomic E-state index is -0.378. The first-order valence-electron chi connectivity index (χ1n) is 10.9. The minimum Gasteiger partial charge on any atom is -0.431 e. The Hall–Kier alpha value is -3.82. The molecule has 0 bridgehead atoms. The summed E-state index contributed by atoms with van der Waals surface area (Å²) in [5, 5.41) is 0.589. The van der Waals surface area contributed by atoms with Crippen molar-refractivity contribution in [1.29, 1.82) is 0 Å². The molecule has 0 N–H and O–H groups in total. The van der Waals surface area contributed by atoms with Gasteiger partial charge in [-0.3, -0.25) is 14.5 Å². The van der Waals surface area contributed by atoms with Crippen LogP contribution in [0.2, 0.25) is 0 Å². The molecule has 35 heavy (non-hydrogen) atoms. The number of thioether (sulfide) groups is 2. The average molecular weight is 500 g/mol. The van der Waals surface area contributed by atoms with Crippen LogP contribution < -0.4 is 0 Å². The van der Waals surface area contributed by atoms with Crippen LogP contribution in [-0.4, -0.2) is 33.2 Å². The van der Waals surface area contributed by atoms with Crippen molar-refractivity contribution < 1.29 is 18.4 Å². The van der Waals surface area contributed by atoms with E-state index in [9.17, 15) is 9.59 Å². The lowest BCUT2D eigenvalue weighted by atomic mass is 10.1. The van der Waals surface area contributed by atoms with Crippen molar-refractivity contribution in [2.75, 3.05) is 6.54 Å². The van der Waals surface area contributed by atoms with E-state index in [-0.39, 0.29) is 28.2 Å². The summed E-state index contributed by atoms with van der Waals surface area (Å²) < 4.78 is 11.6. The minimum absolute atomic E-state index is 0.252. The first-order chi connectivity index (χ1) is 17.2. The number of fused-ring (bicyclic) bond motifs is 2. The van der Waals surface area contributed by atoms with Crippen LogP contribution in [0.15, 0.2) is 108 Å². The summed E-state index contributed by atoms with van der Waals surface area (Å²) in [6.07, 6.45) is 0.556. The van der Waals surface area contributed by atoms with Crippen molar-refractivity contribution in [3.05, 3.63) is 94.2 Å². The first kappa shape index (κ1) is 21.7. The molecule has 0 aliphatic carbocycles. The number of aromatic nitrogens is 2. The van der Waals surface area contributed by atoms with Gasteiger partial charge in [-0.15, -0.1) is 0 Å². The second-order valence-electron chi connectivity index (χ2n) is 7.75. The van der Waals surface area contributed by atoms with E-state index in [1.165, 1.54) is 4.90 Å². The van der Waals surface area contributed by atoms with E-state index in [0.717, 1.165) is 29.1 Å². The van der Waals surface area contributed by atoms with E-state index in [0.29, 0.717) is 39.1 Å². The summed E-state index contributed by atoms with van der Waals surface area (Å²) in [6.45, 7) is 0.261. The van der Waals surface area contributed by atoms with Crippen molar-refractivity contribution in [1.82, 2.24) is 14.9 Å². The third-order valence-corrected chi connectivity index (χ3v) is 7.47. The molecule has 2 aromatic heterocycles. The molecule has 0 unspecified atom stereocenters. The molecule has 3 heterocycles. The summed E-state index contributed by atoms with van der Waals surface area (Å²) in [4.78, 5) is 37.5. The molecule has 9 heteroatoms. The maximum absolute atomic E-state index is 13.4. The number of imide groups is 1. The Balaban J connectivity index is 1.33. The maximum atomic E-state index is 13.4. The molecule has 0 saturated heterocycles. The zero-order valence-corrected chi connectivity index (χ0v) is 19.8. The van der Waals surface area contributed by atoms with Gasteiger partial charge < -0.3 is 8.83 Å².